The van der Waals surface area contributed by atoms with E-state index in [1.54, 1.807) is 36.4 Å². The Labute approximate surface area is 234 Å². The average molecular weight is 560 g/mol. The van der Waals surface area contributed by atoms with Crippen molar-refractivity contribution in [2.75, 3.05) is 5.75 Å². The molecule has 0 unspecified atom stereocenters. The molecule has 0 aromatic heterocycles. The Morgan fingerprint density at radius 1 is 0.711 bits per heavy atom. The first-order valence-electron chi connectivity index (χ1n) is 11.5. The number of rotatable bonds is 10. The van der Waals surface area contributed by atoms with E-state index in [1.807, 2.05) is 66.7 Å². The van der Waals surface area contributed by atoms with Crippen molar-refractivity contribution in [1.29, 1.82) is 0 Å². The number of ketones is 2. The Balaban J connectivity index is 1.42. The lowest BCUT2D eigenvalue weighted by Gasteiger charge is -2.07. The minimum Gasteiger partial charge on any atom is -0.318 e. The summed E-state index contributed by atoms with van der Waals surface area (Å²) in [5.41, 5.74) is 1.83. The smallest absolute Gasteiger partial charge is 0.318 e. The maximum atomic E-state index is 13.1. The summed E-state index contributed by atoms with van der Waals surface area (Å²) >= 11 is 8.84. The van der Waals surface area contributed by atoms with Gasteiger partial charge in [-0.05, 0) is 72.8 Å². The second-order valence-corrected chi connectivity index (χ2v) is 10.7. The summed E-state index contributed by atoms with van der Waals surface area (Å²) in [6.45, 7) is 1.23. The van der Waals surface area contributed by atoms with Crippen LogP contribution in [0.25, 0.3) is 0 Å². The van der Waals surface area contributed by atoms with Gasteiger partial charge in [-0.1, -0.05) is 58.9 Å². The van der Waals surface area contributed by atoms with E-state index in [2.05, 4.69) is 5.16 Å². The summed E-state index contributed by atoms with van der Waals surface area (Å²) in [6, 6.07) is 30.9. The minimum atomic E-state index is -0.602. The van der Waals surface area contributed by atoms with Gasteiger partial charge in [0.15, 0.2) is 5.78 Å². The topological polar surface area (TPSA) is 72.8 Å². The SMILES string of the molecule is CC(=O)ON=C(CSc1ccc(Cl)cc1)C(=O)c1ccc(Sc2ccc(C(=O)c3ccccc3)cc2)cc1. The average Bonchev–Trinajstić information content (AvgIpc) is 2.94. The molecular formula is C30H22ClNO4S2. The number of halogens is 1. The van der Waals surface area contributed by atoms with Crippen molar-refractivity contribution in [1.82, 2.24) is 0 Å². The first-order valence-corrected chi connectivity index (χ1v) is 13.7. The van der Waals surface area contributed by atoms with Crippen molar-refractivity contribution in [2.24, 2.45) is 5.16 Å². The van der Waals surface area contributed by atoms with E-state index < -0.39 is 5.97 Å². The second kappa shape index (κ2) is 13.2. The second-order valence-electron chi connectivity index (χ2n) is 8.04. The van der Waals surface area contributed by atoms with Gasteiger partial charge >= 0.3 is 5.97 Å². The summed E-state index contributed by atoms with van der Waals surface area (Å²) in [4.78, 5) is 44.6. The number of carbonyl (C=O) groups is 3. The Bertz CT molecular complexity index is 1450. The molecule has 0 aliphatic rings. The molecule has 8 heteroatoms. The number of Topliss-reactive ketones (excluding diaryl/α,β-unsaturated/α-hetero) is 1. The predicted octanol–water partition coefficient (Wildman–Crippen LogP) is 7.62. The zero-order valence-electron chi connectivity index (χ0n) is 20.3. The molecule has 38 heavy (non-hydrogen) atoms. The van der Waals surface area contributed by atoms with E-state index in [1.165, 1.54) is 30.4 Å². The molecule has 0 radical (unpaired) electrons. The van der Waals surface area contributed by atoms with Crippen LogP contribution in [0.3, 0.4) is 0 Å². The number of thioether (sulfide) groups is 1. The molecule has 4 aromatic rings. The molecule has 0 spiro atoms. The highest BCUT2D eigenvalue weighted by Gasteiger charge is 2.17. The Hall–Kier alpha value is -3.65. The molecule has 0 bridgehead atoms. The number of nitrogens with zero attached hydrogens (tertiary/aromatic N) is 1. The zero-order chi connectivity index (χ0) is 26.9. The maximum absolute atomic E-state index is 13.1. The van der Waals surface area contributed by atoms with Crippen LogP contribution >= 0.6 is 35.1 Å². The van der Waals surface area contributed by atoms with Crippen LogP contribution < -0.4 is 0 Å². The van der Waals surface area contributed by atoms with E-state index in [-0.39, 0.29) is 23.0 Å². The van der Waals surface area contributed by atoms with Gasteiger partial charge in [-0.15, -0.1) is 11.8 Å². The predicted molar refractivity (Wildman–Crippen MR) is 153 cm³/mol. The third-order valence-corrected chi connectivity index (χ3v) is 7.53. The number of benzene rings is 4. The Morgan fingerprint density at radius 2 is 1.24 bits per heavy atom. The standard InChI is InChI=1S/C30H22ClNO4S2/c1-20(33)36-32-28(19-37-25-17-11-24(31)12-18-25)30(35)23-9-15-27(16-10-23)38-26-13-7-22(8-14-26)29(34)21-5-3-2-4-6-21/h2-18H,19H2,1H3. The van der Waals surface area contributed by atoms with E-state index >= 15 is 0 Å². The molecule has 0 aliphatic heterocycles. The van der Waals surface area contributed by atoms with Gasteiger partial charge < -0.3 is 4.84 Å². The monoisotopic (exact) mass is 559 g/mol. The molecule has 0 aliphatic carbocycles. The normalized spacial score (nSPS) is 11.2. The van der Waals surface area contributed by atoms with E-state index in [0.717, 1.165) is 14.7 Å². The highest BCUT2D eigenvalue weighted by molar-refractivity contribution is 8.00. The molecule has 0 fully saturated rings. The van der Waals surface area contributed by atoms with Crippen molar-refractivity contribution in [3.63, 3.8) is 0 Å². The van der Waals surface area contributed by atoms with Crippen molar-refractivity contribution < 1.29 is 19.2 Å². The van der Waals surface area contributed by atoms with E-state index in [9.17, 15) is 14.4 Å². The molecule has 5 nitrogen and oxygen atoms in total. The Morgan fingerprint density at radius 3 is 1.82 bits per heavy atom. The molecule has 0 amide bonds. The zero-order valence-corrected chi connectivity index (χ0v) is 22.7. The van der Waals surface area contributed by atoms with Gasteiger partial charge in [0.25, 0.3) is 0 Å². The third kappa shape index (κ3) is 7.68. The van der Waals surface area contributed by atoms with Crippen LogP contribution in [0, 0.1) is 0 Å². The number of hydrogen-bond donors (Lipinski definition) is 0. The van der Waals surface area contributed by atoms with Crippen LogP contribution in [0.5, 0.6) is 0 Å². The molecule has 0 N–H and O–H groups in total. The molecular weight excluding hydrogens is 538 g/mol. The van der Waals surface area contributed by atoms with Crippen LogP contribution in [0.4, 0.5) is 0 Å². The van der Waals surface area contributed by atoms with Gasteiger partial charge in [-0.25, -0.2) is 4.79 Å². The minimum absolute atomic E-state index is 0.0227. The fourth-order valence-corrected chi connectivity index (χ4v) is 5.10. The lowest BCUT2D eigenvalue weighted by Crippen LogP contribution is -2.18. The highest BCUT2D eigenvalue weighted by atomic mass is 35.5. The fraction of sp³-hybridized carbons (Fsp3) is 0.0667. The van der Waals surface area contributed by atoms with Gasteiger partial charge in [0.05, 0.1) is 0 Å². The molecule has 0 atom stereocenters. The molecule has 0 saturated heterocycles. The summed E-state index contributed by atoms with van der Waals surface area (Å²) < 4.78 is 0. The Kier molecular flexibility index (Phi) is 9.54. The first kappa shape index (κ1) is 27.4. The summed E-state index contributed by atoms with van der Waals surface area (Å²) in [6.07, 6.45) is 0. The molecule has 4 aromatic carbocycles. The number of carbonyl (C=O) groups excluding carboxylic acids is 3. The number of hydrogen-bond acceptors (Lipinski definition) is 7. The summed E-state index contributed by atoms with van der Waals surface area (Å²) in [5.74, 6) is -0.730. The van der Waals surface area contributed by atoms with Crippen LogP contribution in [0.2, 0.25) is 5.02 Å². The van der Waals surface area contributed by atoms with Gasteiger partial charge in [0.2, 0.25) is 5.78 Å². The van der Waals surface area contributed by atoms with Crippen molar-refractivity contribution >= 4 is 58.4 Å². The third-order valence-electron chi connectivity index (χ3n) is 5.24. The number of oxime groups is 1. The lowest BCUT2D eigenvalue weighted by atomic mass is 10.0. The quantitative estimate of drug-likeness (QED) is 0.0654. The van der Waals surface area contributed by atoms with Crippen LogP contribution in [0.15, 0.2) is 123 Å². The molecule has 0 saturated carbocycles. The lowest BCUT2D eigenvalue weighted by molar-refractivity contribution is -0.140. The van der Waals surface area contributed by atoms with E-state index in [0.29, 0.717) is 21.7 Å². The van der Waals surface area contributed by atoms with E-state index in [4.69, 9.17) is 16.4 Å². The molecule has 190 valence electrons. The maximum Gasteiger partial charge on any atom is 0.331 e. The molecule has 4 rings (SSSR count). The van der Waals surface area contributed by atoms with Gasteiger partial charge in [0, 0.05) is 49.1 Å². The highest BCUT2D eigenvalue weighted by Crippen LogP contribution is 2.29. The first-order chi connectivity index (χ1) is 18.4. The summed E-state index contributed by atoms with van der Waals surface area (Å²) in [7, 11) is 0. The van der Waals surface area contributed by atoms with Crippen LogP contribution in [0.1, 0.15) is 33.2 Å². The fourth-order valence-electron chi connectivity index (χ4n) is 3.34. The van der Waals surface area contributed by atoms with Gasteiger partial charge in [0.1, 0.15) is 5.71 Å². The van der Waals surface area contributed by atoms with Crippen molar-refractivity contribution in [2.45, 2.75) is 21.6 Å². The van der Waals surface area contributed by atoms with Gasteiger partial charge in [-0.2, -0.15) is 0 Å². The van der Waals surface area contributed by atoms with Crippen molar-refractivity contribution in [3.05, 3.63) is 125 Å². The van der Waals surface area contributed by atoms with Crippen LogP contribution in [-0.4, -0.2) is 29.0 Å². The van der Waals surface area contributed by atoms with Crippen molar-refractivity contribution in [3.8, 4) is 0 Å². The largest absolute Gasteiger partial charge is 0.331 e. The summed E-state index contributed by atoms with van der Waals surface area (Å²) in [5, 5.41) is 4.42. The van der Waals surface area contributed by atoms with Gasteiger partial charge in [-0.3, -0.25) is 9.59 Å². The molecule has 0 heterocycles. The van der Waals surface area contributed by atoms with Crippen LogP contribution in [-0.2, 0) is 9.63 Å².